The molecule has 1 fully saturated rings. The Morgan fingerprint density at radius 3 is 2.69 bits per heavy atom. The van der Waals surface area contributed by atoms with Crippen LogP contribution < -0.4 is 0 Å². The van der Waals surface area contributed by atoms with Crippen LogP contribution in [0.4, 0.5) is 0 Å². The van der Waals surface area contributed by atoms with E-state index < -0.39 is 0 Å². The number of hydrogen-bond donors (Lipinski definition) is 0. The van der Waals surface area contributed by atoms with Gasteiger partial charge in [-0.15, -0.1) is 0 Å². The lowest BCUT2D eigenvalue weighted by Crippen LogP contribution is -1.99. The number of rotatable bonds is 7. The smallest absolute Gasteiger partial charge is 0.0931 e. The lowest BCUT2D eigenvalue weighted by Gasteiger charge is -2.03. The molecular formula is C13H17IO2. The Morgan fingerprint density at radius 2 is 2.00 bits per heavy atom. The zero-order valence-electron chi connectivity index (χ0n) is 9.27. The lowest BCUT2D eigenvalue weighted by molar-refractivity contribution is 0.115. The number of alkyl halides is 1. The molecule has 2 rings (SSSR count). The van der Waals surface area contributed by atoms with E-state index in [4.69, 9.17) is 9.47 Å². The van der Waals surface area contributed by atoms with Gasteiger partial charge < -0.3 is 9.47 Å². The maximum absolute atomic E-state index is 5.61. The SMILES string of the molecule is IC[C@H]1O[C@@H]1CCCOCc1ccccc1. The molecule has 0 aliphatic carbocycles. The van der Waals surface area contributed by atoms with E-state index in [0.29, 0.717) is 12.2 Å². The van der Waals surface area contributed by atoms with Gasteiger partial charge in [0.1, 0.15) is 0 Å². The molecule has 1 aliphatic rings. The van der Waals surface area contributed by atoms with Crippen molar-refractivity contribution in [2.45, 2.75) is 31.7 Å². The van der Waals surface area contributed by atoms with Gasteiger partial charge in [-0.1, -0.05) is 52.9 Å². The van der Waals surface area contributed by atoms with Crippen molar-refractivity contribution in [1.82, 2.24) is 0 Å². The summed E-state index contributed by atoms with van der Waals surface area (Å²) in [4.78, 5) is 0. The van der Waals surface area contributed by atoms with E-state index in [1.165, 1.54) is 5.56 Å². The Kier molecular flexibility index (Phi) is 5.06. The summed E-state index contributed by atoms with van der Waals surface area (Å²) in [5.74, 6) is 0. The van der Waals surface area contributed by atoms with Gasteiger partial charge in [-0.25, -0.2) is 0 Å². The predicted octanol–water partition coefficient (Wildman–Crippen LogP) is 3.19. The van der Waals surface area contributed by atoms with Crippen molar-refractivity contribution < 1.29 is 9.47 Å². The van der Waals surface area contributed by atoms with Gasteiger partial charge in [-0.3, -0.25) is 0 Å². The highest BCUT2D eigenvalue weighted by Gasteiger charge is 2.36. The number of benzene rings is 1. The number of epoxide rings is 1. The van der Waals surface area contributed by atoms with Crippen LogP contribution in [0, 0.1) is 0 Å². The van der Waals surface area contributed by atoms with Crippen molar-refractivity contribution in [1.29, 1.82) is 0 Å². The molecule has 88 valence electrons. The number of hydrogen-bond acceptors (Lipinski definition) is 2. The quantitative estimate of drug-likeness (QED) is 0.331. The molecule has 1 aromatic rings. The van der Waals surface area contributed by atoms with E-state index in [0.717, 1.165) is 30.5 Å². The molecule has 3 heteroatoms. The van der Waals surface area contributed by atoms with E-state index in [-0.39, 0.29) is 0 Å². The maximum Gasteiger partial charge on any atom is 0.0931 e. The van der Waals surface area contributed by atoms with Crippen LogP contribution in [0.25, 0.3) is 0 Å². The highest BCUT2D eigenvalue weighted by atomic mass is 127. The molecule has 1 heterocycles. The van der Waals surface area contributed by atoms with Crippen LogP contribution in [-0.4, -0.2) is 23.2 Å². The number of ether oxygens (including phenoxy) is 2. The fourth-order valence-corrected chi connectivity index (χ4v) is 2.49. The normalized spacial score (nSPS) is 23.3. The Morgan fingerprint density at radius 1 is 1.19 bits per heavy atom. The largest absolute Gasteiger partial charge is 0.377 e. The standard InChI is InChI=1S/C13H17IO2/c14-9-13-12(16-13)7-4-8-15-10-11-5-2-1-3-6-11/h1-3,5-6,12-13H,4,7-10H2/t12-,13-/m1/s1. The molecule has 1 aliphatic heterocycles. The topological polar surface area (TPSA) is 21.8 Å². The highest BCUT2D eigenvalue weighted by Crippen LogP contribution is 2.27. The van der Waals surface area contributed by atoms with Gasteiger partial charge in [-0.2, -0.15) is 0 Å². The second kappa shape index (κ2) is 6.57. The Hall–Kier alpha value is -0.130. The molecule has 2 nitrogen and oxygen atoms in total. The highest BCUT2D eigenvalue weighted by molar-refractivity contribution is 14.1. The Bertz CT molecular complexity index is 302. The van der Waals surface area contributed by atoms with Gasteiger partial charge in [0.05, 0.1) is 18.8 Å². The van der Waals surface area contributed by atoms with Crippen molar-refractivity contribution in [3.05, 3.63) is 35.9 Å². The van der Waals surface area contributed by atoms with Crippen LogP contribution in [0.2, 0.25) is 0 Å². The van der Waals surface area contributed by atoms with Crippen LogP contribution in [0.3, 0.4) is 0 Å². The minimum atomic E-state index is 0.511. The molecule has 0 N–H and O–H groups in total. The van der Waals surface area contributed by atoms with Gasteiger partial charge in [0.2, 0.25) is 0 Å². The molecule has 1 saturated heterocycles. The van der Waals surface area contributed by atoms with Crippen molar-refractivity contribution in [2.75, 3.05) is 11.0 Å². The molecular weight excluding hydrogens is 315 g/mol. The van der Waals surface area contributed by atoms with E-state index >= 15 is 0 Å². The zero-order valence-corrected chi connectivity index (χ0v) is 11.4. The summed E-state index contributed by atoms with van der Waals surface area (Å²) in [5.41, 5.74) is 1.25. The third kappa shape index (κ3) is 4.03. The Labute approximate surface area is 110 Å². The van der Waals surface area contributed by atoms with Crippen LogP contribution in [0.1, 0.15) is 18.4 Å². The molecule has 0 bridgehead atoms. The molecule has 1 aromatic carbocycles. The summed E-state index contributed by atoms with van der Waals surface area (Å²) in [6, 6.07) is 10.3. The second-order valence-corrected chi connectivity index (χ2v) is 4.93. The second-order valence-electron chi connectivity index (χ2n) is 4.05. The molecule has 0 aromatic heterocycles. The van der Waals surface area contributed by atoms with Crippen LogP contribution in [0.15, 0.2) is 30.3 Å². The van der Waals surface area contributed by atoms with Crippen molar-refractivity contribution >= 4 is 22.6 Å². The molecule has 0 saturated carbocycles. The molecule has 0 spiro atoms. The molecule has 0 radical (unpaired) electrons. The first-order valence-corrected chi connectivity index (χ1v) is 7.26. The number of halogens is 1. The summed E-state index contributed by atoms with van der Waals surface area (Å²) in [6.45, 7) is 1.56. The monoisotopic (exact) mass is 332 g/mol. The summed E-state index contributed by atoms with van der Waals surface area (Å²) >= 11 is 2.37. The van der Waals surface area contributed by atoms with Crippen molar-refractivity contribution in [3.8, 4) is 0 Å². The first-order chi connectivity index (χ1) is 7.90. The molecule has 0 unspecified atom stereocenters. The van der Waals surface area contributed by atoms with Gasteiger partial charge >= 0.3 is 0 Å². The minimum absolute atomic E-state index is 0.511. The third-order valence-electron chi connectivity index (χ3n) is 2.73. The summed E-state index contributed by atoms with van der Waals surface area (Å²) < 4.78 is 12.2. The van der Waals surface area contributed by atoms with Crippen molar-refractivity contribution in [2.24, 2.45) is 0 Å². The van der Waals surface area contributed by atoms with Gasteiger partial charge in [0.15, 0.2) is 0 Å². The average molecular weight is 332 g/mol. The molecule has 16 heavy (non-hydrogen) atoms. The fraction of sp³-hybridized carbons (Fsp3) is 0.538. The fourth-order valence-electron chi connectivity index (χ4n) is 1.72. The minimum Gasteiger partial charge on any atom is -0.377 e. The van der Waals surface area contributed by atoms with Crippen LogP contribution >= 0.6 is 22.6 Å². The maximum atomic E-state index is 5.61. The van der Waals surface area contributed by atoms with E-state index in [1.54, 1.807) is 0 Å². The van der Waals surface area contributed by atoms with Gasteiger partial charge in [0, 0.05) is 11.0 Å². The first-order valence-electron chi connectivity index (χ1n) is 5.73. The van der Waals surface area contributed by atoms with E-state index in [1.807, 2.05) is 18.2 Å². The molecule has 0 amide bonds. The van der Waals surface area contributed by atoms with Crippen LogP contribution in [-0.2, 0) is 16.1 Å². The lowest BCUT2D eigenvalue weighted by atomic mass is 10.2. The summed E-state index contributed by atoms with van der Waals surface area (Å²) in [6.07, 6.45) is 3.28. The van der Waals surface area contributed by atoms with Crippen molar-refractivity contribution in [3.63, 3.8) is 0 Å². The van der Waals surface area contributed by atoms with Gasteiger partial charge in [-0.05, 0) is 18.4 Å². The van der Waals surface area contributed by atoms with E-state index in [9.17, 15) is 0 Å². The summed E-state index contributed by atoms with van der Waals surface area (Å²) in [7, 11) is 0. The van der Waals surface area contributed by atoms with Crippen LogP contribution in [0.5, 0.6) is 0 Å². The van der Waals surface area contributed by atoms with E-state index in [2.05, 4.69) is 34.7 Å². The third-order valence-corrected chi connectivity index (χ3v) is 3.60. The predicted molar refractivity (Wildman–Crippen MR) is 72.9 cm³/mol. The average Bonchev–Trinajstić information content (AvgIpc) is 3.09. The summed E-state index contributed by atoms with van der Waals surface area (Å²) in [5, 5.41) is 0. The first kappa shape index (κ1) is 12.3. The zero-order chi connectivity index (χ0) is 11.2. The molecule has 2 atom stereocenters. The van der Waals surface area contributed by atoms with Gasteiger partial charge in [0.25, 0.3) is 0 Å². The Balaban J connectivity index is 1.50.